The monoisotopic (exact) mass is 284 g/mol. The molecule has 2 rings (SSSR count). The molecule has 2 atom stereocenters. The molecule has 1 saturated heterocycles. The molecule has 0 aromatic carbocycles. The van der Waals surface area contributed by atoms with Crippen LogP contribution in [0.2, 0.25) is 0 Å². The molecule has 8 heteroatoms. The van der Waals surface area contributed by atoms with Crippen LogP contribution in [0.4, 0.5) is 11.5 Å². The first-order valence-corrected chi connectivity index (χ1v) is 6.67. The topological polar surface area (TPSA) is 102 Å². The summed E-state index contributed by atoms with van der Waals surface area (Å²) in [5.74, 6) is 0.319. The standard InChI is InChI=1S/C12H20N4O4/c1-4-9-10(16(18)19)11(15(3)14-9)13-7-12(17)5-6-20-8(12)2/h8,13,17H,4-7H2,1-3H3. The van der Waals surface area contributed by atoms with E-state index in [2.05, 4.69) is 10.4 Å². The zero-order chi connectivity index (χ0) is 14.9. The first-order chi connectivity index (χ1) is 9.39. The Kier molecular flexibility index (Phi) is 3.96. The molecule has 1 aliphatic rings. The number of nitrogens with one attached hydrogen (secondary N) is 1. The molecule has 1 aromatic heterocycles. The van der Waals surface area contributed by atoms with E-state index < -0.39 is 10.5 Å². The van der Waals surface area contributed by atoms with Crippen LogP contribution in [0.5, 0.6) is 0 Å². The predicted molar refractivity (Wildman–Crippen MR) is 72.7 cm³/mol. The minimum atomic E-state index is -1.01. The SMILES string of the molecule is CCc1nn(C)c(NCC2(O)CCOC2C)c1[N+](=O)[O-]. The number of nitrogens with zero attached hydrogens (tertiary/aromatic N) is 3. The lowest BCUT2D eigenvalue weighted by Gasteiger charge is -2.26. The van der Waals surface area contributed by atoms with Gasteiger partial charge in [-0.1, -0.05) is 6.92 Å². The molecule has 2 unspecified atom stereocenters. The lowest BCUT2D eigenvalue weighted by molar-refractivity contribution is -0.384. The Morgan fingerprint density at radius 1 is 1.70 bits per heavy atom. The van der Waals surface area contributed by atoms with Crippen LogP contribution in [-0.4, -0.2) is 44.7 Å². The van der Waals surface area contributed by atoms with E-state index in [1.165, 1.54) is 4.68 Å². The Bertz CT molecular complexity index is 516. The smallest absolute Gasteiger partial charge is 0.333 e. The molecule has 1 aromatic rings. The summed E-state index contributed by atoms with van der Waals surface area (Å²) in [6.45, 7) is 4.30. The normalized spacial score (nSPS) is 25.9. The Balaban J connectivity index is 2.21. The summed E-state index contributed by atoms with van der Waals surface area (Å²) < 4.78 is 6.79. The third-order valence-corrected chi connectivity index (χ3v) is 3.83. The van der Waals surface area contributed by atoms with E-state index in [0.29, 0.717) is 31.0 Å². The molecular formula is C12H20N4O4. The van der Waals surface area contributed by atoms with Gasteiger partial charge in [0, 0.05) is 26.6 Å². The highest BCUT2D eigenvalue weighted by molar-refractivity contribution is 5.60. The number of aryl methyl sites for hydroxylation is 2. The fraction of sp³-hybridized carbons (Fsp3) is 0.750. The van der Waals surface area contributed by atoms with E-state index >= 15 is 0 Å². The van der Waals surface area contributed by atoms with Gasteiger partial charge in [0.15, 0.2) is 0 Å². The minimum Gasteiger partial charge on any atom is -0.385 e. The van der Waals surface area contributed by atoms with E-state index in [-0.39, 0.29) is 18.3 Å². The summed E-state index contributed by atoms with van der Waals surface area (Å²) in [7, 11) is 1.65. The largest absolute Gasteiger partial charge is 0.385 e. The number of anilines is 1. The van der Waals surface area contributed by atoms with Crippen LogP contribution in [-0.2, 0) is 18.2 Å². The number of rotatable bonds is 5. The molecule has 1 fully saturated rings. The number of hydrogen-bond donors (Lipinski definition) is 2. The van der Waals surface area contributed by atoms with Gasteiger partial charge in [-0.2, -0.15) is 5.10 Å². The van der Waals surface area contributed by atoms with Crippen molar-refractivity contribution in [3.8, 4) is 0 Å². The second-order valence-corrected chi connectivity index (χ2v) is 5.10. The Morgan fingerprint density at radius 3 is 2.90 bits per heavy atom. The van der Waals surface area contributed by atoms with Crippen LogP contribution < -0.4 is 5.32 Å². The van der Waals surface area contributed by atoms with Gasteiger partial charge in [0.05, 0.1) is 11.0 Å². The fourth-order valence-corrected chi connectivity index (χ4v) is 2.44. The van der Waals surface area contributed by atoms with Gasteiger partial charge in [0.1, 0.15) is 11.3 Å². The van der Waals surface area contributed by atoms with E-state index in [4.69, 9.17) is 4.74 Å². The lowest BCUT2D eigenvalue weighted by atomic mass is 9.97. The number of nitro groups is 1. The molecule has 8 nitrogen and oxygen atoms in total. The third-order valence-electron chi connectivity index (χ3n) is 3.83. The summed E-state index contributed by atoms with van der Waals surface area (Å²) in [5, 5.41) is 28.7. The second kappa shape index (κ2) is 5.37. The fourth-order valence-electron chi connectivity index (χ4n) is 2.44. The van der Waals surface area contributed by atoms with Crippen molar-refractivity contribution >= 4 is 11.5 Å². The number of aliphatic hydroxyl groups is 1. The second-order valence-electron chi connectivity index (χ2n) is 5.10. The van der Waals surface area contributed by atoms with Crippen LogP contribution in [0.1, 0.15) is 26.0 Å². The van der Waals surface area contributed by atoms with Gasteiger partial charge < -0.3 is 15.2 Å². The van der Waals surface area contributed by atoms with Crippen LogP contribution in [0.3, 0.4) is 0 Å². The molecule has 2 N–H and O–H groups in total. The molecule has 0 spiro atoms. The van der Waals surface area contributed by atoms with Gasteiger partial charge in [0.2, 0.25) is 5.82 Å². The maximum atomic E-state index is 11.2. The molecule has 0 aliphatic carbocycles. The molecule has 2 heterocycles. The van der Waals surface area contributed by atoms with Crippen molar-refractivity contribution < 1.29 is 14.8 Å². The van der Waals surface area contributed by atoms with E-state index in [1.807, 2.05) is 6.92 Å². The predicted octanol–water partition coefficient (Wildman–Crippen LogP) is 0.842. The maximum absolute atomic E-state index is 11.2. The van der Waals surface area contributed by atoms with Gasteiger partial charge in [-0.15, -0.1) is 0 Å². The van der Waals surface area contributed by atoms with Gasteiger partial charge >= 0.3 is 5.69 Å². The number of ether oxygens (including phenoxy) is 1. The summed E-state index contributed by atoms with van der Waals surface area (Å²) in [6, 6.07) is 0. The average Bonchev–Trinajstić information content (AvgIpc) is 2.88. The van der Waals surface area contributed by atoms with Crippen molar-refractivity contribution in [1.29, 1.82) is 0 Å². The first-order valence-electron chi connectivity index (χ1n) is 6.67. The summed E-state index contributed by atoms with van der Waals surface area (Å²) in [6.07, 6.45) is 0.691. The van der Waals surface area contributed by atoms with Crippen molar-refractivity contribution in [2.24, 2.45) is 7.05 Å². The van der Waals surface area contributed by atoms with Crippen molar-refractivity contribution in [3.05, 3.63) is 15.8 Å². The van der Waals surface area contributed by atoms with E-state index in [9.17, 15) is 15.2 Å². The highest BCUT2D eigenvalue weighted by Crippen LogP contribution is 2.31. The van der Waals surface area contributed by atoms with Gasteiger partial charge in [-0.05, 0) is 13.3 Å². The van der Waals surface area contributed by atoms with E-state index in [1.54, 1.807) is 14.0 Å². The zero-order valence-corrected chi connectivity index (χ0v) is 11.9. The minimum absolute atomic E-state index is 0.0230. The molecule has 0 radical (unpaired) electrons. The average molecular weight is 284 g/mol. The molecule has 0 bridgehead atoms. The lowest BCUT2D eigenvalue weighted by Crippen LogP contribution is -2.43. The number of hydrogen-bond acceptors (Lipinski definition) is 6. The highest BCUT2D eigenvalue weighted by atomic mass is 16.6. The molecule has 20 heavy (non-hydrogen) atoms. The maximum Gasteiger partial charge on any atom is 0.333 e. The van der Waals surface area contributed by atoms with Crippen LogP contribution in [0.25, 0.3) is 0 Å². The highest BCUT2D eigenvalue weighted by Gasteiger charge is 2.40. The molecule has 1 aliphatic heterocycles. The van der Waals surface area contributed by atoms with Crippen molar-refractivity contribution in [2.75, 3.05) is 18.5 Å². The van der Waals surface area contributed by atoms with Gasteiger partial charge in [-0.25, -0.2) is 4.68 Å². The molecule has 112 valence electrons. The molecule has 0 amide bonds. The van der Waals surface area contributed by atoms with Gasteiger partial charge in [-0.3, -0.25) is 10.1 Å². The third kappa shape index (κ3) is 2.48. The van der Waals surface area contributed by atoms with Crippen LogP contribution in [0, 0.1) is 10.1 Å². The molecular weight excluding hydrogens is 264 g/mol. The molecule has 0 saturated carbocycles. The Hall–Kier alpha value is -1.67. The Labute approximate surface area is 116 Å². The summed E-state index contributed by atoms with van der Waals surface area (Å²) in [4.78, 5) is 10.7. The zero-order valence-electron chi connectivity index (χ0n) is 11.9. The first kappa shape index (κ1) is 14.7. The van der Waals surface area contributed by atoms with Crippen molar-refractivity contribution in [1.82, 2.24) is 9.78 Å². The summed E-state index contributed by atoms with van der Waals surface area (Å²) in [5.41, 5.74) is -0.599. The van der Waals surface area contributed by atoms with E-state index in [0.717, 1.165) is 0 Å². The summed E-state index contributed by atoms with van der Waals surface area (Å²) >= 11 is 0. The van der Waals surface area contributed by atoms with Crippen molar-refractivity contribution in [3.63, 3.8) is 0 Å². The number of aromatic nitrogens is 2. The van der Waals surface area contributed by atoms with Crippen LogP contribution in [0.15, 0.2) is 0 Å². The van der Waals surface area contributed by atoms with Gasteiger partial charge in [0.25, 0.3) is 0 Å². The Morgan fingerprint density at radius 2 is 2.40 bits per heavy atom. The van der Waals surface area contributed by atoms with Crippen molar-refractivity contribution in [2.45, 2.75) is 38.4 Å². The quantitative estimate of drug-likeness (QED) is 0.613. The van der Waals surface area contributed by atoms with Crippen LogP contribution >= 0.6 is 0 Å².